The first-order valence-corrected chi connectivity index (χ1v) is 10.0. The van der Waals surface area contributed by atoms with Crippen LogP contribution in [0, 0.1) is 5.41 Å². The third-order valence-corrected chi connectivity index (χ3v) is 4.16. The van der Waals surface area contributed by atoms with E-state index in [1.54, 1.807) is 6.92 Å². The van der Waals surface area contributed by atoms with Gasteiger partial charge in [-0.05, 0) is 20.3 Å². The van der Waals surface area contributed by atoms with E-state index in [-0.39, 0.29) is 43.9 Å². The molecule has 0 bridgehead atoms. The Bertz CT molecular complexity index is 697. The molecule has 0 spiro atoms. The van der Waals surface area contributed by atoms with Crippen LogP contribution >= 0.6 is 0 Å². The highest BCUT2D eigenvalue weighted by molar-refractivity contribution is 5.87. The Balaban J connectivity index is 4.61. The second kappa shape index (κ2) is 15.3. The third kappa shape index (κ3) is 11.6. The maximum Gasteiger partial charge on any atom is 0.407 e. The number of alkyl carbamates (subject to hydrolysis) is 2. The largest absolute Gasteiger partial charge is 0.468 e. The van der Waals surface area contributed by atoms with Crippen LogP contribution in [-0.4, -0.2) is 76.7 Å². The van der Waals surface area contributed by atoms with Crippen LogP contribution in [0.1, 0.15) is 27.2 Å². The Kier molecular flexibility index (Phi) is 13.6. The van der Waals surface area contributed by atoms with Crippen molar-refractivity contribution in [1.82, 2.24) is 10.6 Å². The van der Waals surface area contributed by atoms with Gasteiger partial charge in [-0.1, -0.05) is 20.1 Å². The summed E-state index contributed by atoms with van der Waals surface area (Å²) in [6.45, 7) is 10.4. The van der Waals surface area contributed by atoms with Gasteiger partial charge >= 0.3 is 30.1 Å². The summed E-state index contributed by atoms with van der Waals surface area (Å²) in [6, 6.07) is 0. The Morgan fingerprint density at radius 1 is 0.758 bits per heavy atom. The zero-order chi connectivity index (χ0) is 25.4. The molecule has 0 unspecified atom stereocenters. The minimum atomic E-state index is -1.44. The molecule has 186 valence electrons. The van der Waals surface area contributed by atoms with E-state index in [1.807, 2.05) is 0 Å². The summed E-state index contributed by atoms with van der Waals surface area (Å²) in [7, 11) is 1.15. The molecule has 12 nitrogen and oxygen atoms in total. The molecule has 0 heterocycles. The minimum absolute atomic E-state index is 0.0237. The molecule has 12 heteroatoms. The van der Waals surface area contributed by atoms with Crippen molar-refractivity contribution in [3.8, 4) is 0 Å². The number of carbonyl (C=O) groups is 5. The molecule has 0 saturated heterocycles. The lowest BCUT2D eigenvalue weighted by molar-refractivity contribution is -0.159. The molecular formula is C21H32N2O10. The van der Waals surface area contributed by atoms with Gasteiger partial charge in [-0.3, -0.25) is 4.79 Å². The van der Waals surface area contributed by atoms with E-state index in [0.717, 1.165) is 7.11 Å². The number of rotatable bonds is 14. The quantitative estimate of drug-likeness (QED) is 0.163. The van der Waals surface area contributed by atoms with Crippen LogP contribution in [0.3, 0.4) is 0 Å². The van der Waals surface area contributed by atoms with Crippen molar-refractivity contribution in [3.05, 3.63) is 24.3 Å². The zero-order valence-electron chi connectivity index (χ0n) is 19.4. The van der Waals surface area contributed by atoms with Crippen LogP contribution < -0.4 is 10.6 Å². The predicted octanol–water partition coefficient (Wildman–Crippen LogP) is 1.25. The molecule has 0 rings (SSSR count). The maximum atomic E-state index is 12.3. The second-order valence-corrected chi connectivity index (χ2v) is 6.96. The molecule has 0 radical (unpaired) electrons. The number of ether oxygens (including phenoxy) is 5. The van der Waals surface area contributed by atoms with Gasteiger partial charge in [-0.15, -0.1) is 0 Å². The van der Waals surface area contributed by atoms with Gasteiger partial charge in [-0.2, -0.15) is 0 Å². The van der Waals surface area contributed by atoms with Crippen LogP contribution in [0.5, 0.6) is 0 Å². The van der Waals surface area contributed by atoms with E-state index in [0.29, 0.717) is 0 Å². The fraction of sp³-hybridized carbons (Fsp3) is 0.571. The topological polar surface area (TPSA) is 156 Å². The first-order chi connectivity index (χ1) is 15.5. The number of methoxy groups -OCH3 is 1. The maximum absolute atomic E-state index is 12.3. The molecule has 0 aliphatic heterocycles. The first kappa shape index (κ1) is 29.4. The lowest BCUT2D eigenvalue weighted by atomic mass is 9.87. The summed E-state index contributed by atoms with van der Waals surface area (Å²) in [5, 5.41) is 4.72. The second-order valence-electron chi connectivity index (χ2n) is 6.96. The summed E-state index contributed by atoms with van der Waals surface area (Å²) in [5.41, 5.74) is -0.997. The monoisotopic (exact) mass is 472 g/mol. The van der Waals surface area contributed by atoms with Crippen LogP contribution in [0.2, 0.25) is 0 Å². The molecule has 0 aromatic heterocycles. The van der Waals surface area contributed by atoms with Gasteiger partial charge in [0.2, 0.25) is 0 Å². The van der Waals surface area contributed by atoms with Gasteiger partial charge < -0.3 is 34.3 Å². The highest BCUT2D eigenvalue weighted by Gasteiger charge is 2.41. The molecular weight excluding hydrogens is 440 g/mol. The molecule has 0 fully saturated rings. The van der Waals surface area contributed by atoms with Crippen molar-refractivity contribution in [2.24, 2.45) is 5.41 Å². The predicted molar refractivity (Wildman–Crippen MR) is 115 cm³/mol. The fourth-order valence-corrected chi connectivity index (χ4v) is 2.07. The lowest BCUT2D eigenvalue weighted by Gasteiger charge is -2.28. The minimum Gasteiger partial charge on any atom is -0.468 e. The number of nitrogens with one attached hydrogen (secondary N) is 2. The molecule has 0 aliphatic carbocycles. The molecule has 33 heavy (non-hydrogen) atoms. The van der Waals surface area contributed by atoms with Crippen molar-refractivity contribution in [3.63, 3.8) is 0 Å². The van der Waals surface area contributed by atoms with Crippen LogP contribution in [0.4, 0.5) is 9.59 Å². The summed E-state index contributed by atoms with van der Waals surface area (Å²) >= 11 is 0. The SMILES string of the molecule is C=C(C)C(=O)OCCNC(=O)OCC(CC)(COC(=O)NCCOC(=O)C(=C)C)C(=O)OC. The number of hydrogen-bond donors (Lipinski definition) is 2. The van der Waals surface area contributed by atoms with Gasteiger partial charge in [0.1, 0.15) is 31.8 Å². The average molecular weight is 472 g/mol. The molecule has 2 amide bonds. The summed E-state index contributed by atoms with van der Waals surface area (Å²) in [6.07, 6.45) is -1.61. The molecule has 2 N–H and O–H groups in total. The van der Waals surface area contributed by atoms with Crippen LogP contribution in [0.15, 0.2) is 24.3 Å². The number of esters is 3. The van der Waals surface area contributed by atoms with Gasteiger partial charge in [0.25, 0.3) is 0 Å². The normalized spacial score (nSPS) is 10.3. The van der Waals surface area contributed by atoms with Gasteiger partial charge in [-0.25, -0.2) is 19.2 Å². The van der Waals surface area contributed by atoms with E-state index < -0.39 is 48.7 Å². The van der Waals surface area contributed by atoms with Gasteiger partial charge in [0.05, 0.1) is 20.2 Å². The number of hydrogen-bond acceptors (Lipinski definition) is 10. The van der Waals surface area contributed by atoms with Crippen molar-refractivity contribution < 1.29 is 47.7 Å². The Morgan fingerprint density at radius 3 is 1.45 bits per heavy atom. The summed E-state index contributed by atoms with van der Waals surface area (Å²) in [4.78, 5) is 58.6. The van der Waals surface area contributed by atoms with Crippen molar-refractivity contribution in [2.45, 2.75) is 27.2 Å². The highest BCUT2D eigenvalue weighted by atomic mass is 16.6. The third-order valence-electron chi connectivity index (χ3n) is 4.16. The van der Waals surface area contributed by atoms with Gasteiger partial charge in [0, 0.05) is 11.1 Å². The summed E-state index contributed by atoms with van der Waals surface area (Å²) < 4.78 is 24.6. The van der Waals surface area contributed by atoms with Gasteiger partial charge in [0.15, 0.2) is 0 Å². The van der Waals surface area contributed by atoms with E-state index >= 15 is 0 Å². The smallest absolute Gasteiger partial charge is 0.407 e. The van der Waals surface area contributed by atoms with E-state index in [2.05, 4.69) is 23.8 Å². The highest BCUT2D eigenvalue weighted by Crippen LogP contribution is 2.25. The Morgan fingerprint density at radius 2 is 1.15 bits per heavy atom. The zero-order valence-corrected chi connectivity index (χ0v) is 19.4. The molecule has 0 aromatic carbocycles. The van der Waals surface area contributed by atoms with E-state index in [1.165, 1.54) is 13.8 Å². The van der Waals surface area contributed by atoms with Crippen LogP contribution in [0.25, 0.3) is 0 Å². The molecule has 0 aromatic rings. The Hall–Kier alpha value is -3.57. The Labute approximate surface area is 192 Å². The molecule has 0 atom stereocenters. The molecule has 0 aliphatic rings. The van der Waals surface area contributed by atoms with Crippen molar-refractivity contribution in [1.29, 1.82) is 0 Å². The lowest BCUT2D eigenvalue weighted by Crippen LogP contribution is -2.44. The standard InChI is InChI=1S/C21H32N2O10/c1-7-21(18(26)29-6,12-32-19(27)22-8-10-30-16(24)14(2)3)13-33-20(28)23-9-11-31-17(25)15(4)5/h2,4,7-13H2,1,3,5-6H3,(H,22,27)(H,23,28). The van der Waals surface area contributed by atoms with E-state index in [9.17, 15) is 24.0 Å². The fourth-order valence-electron chi connectivity index (χ4n) is 2.07. The molecule has 0 saturated carbocycles. The summed E-state index contributed by atoms with van der Waals surface area (Å²) in [5.74, 6) is -1.92. The first-order valence-electron chi connectivity index (χ1n) is 10.0. The average Bonchev–Trinajstić information content (AvgIpc) is 2.78. The number of amides is 2. The van der Waals surface area contributed by atoms with Crippen molar-refractivity contribution >= 4 is 30.1 Å². The number of carbonyl (C=O) groups excluding carboxylic acids is 5. The van der Waals surface area contributed by atoms with Crippen molar-refractivity contribution in [2.75, 3.05) is 46.6 Å². The van der Waals surface area contributed by atoms with Crippen LogP contribution in [-0.2, 0) is 38.1 Å². The van der Waals surface area contributed by atoms with E-state index in [4.69, 9.17) is 23.7 Å².